The summed E-state index contributed by atoms with van der Waals surface area (Å²) in [5.74, 6) is 0. The van der Waals surface area contributed by atoms with Gasteiger partial charge in [0.15, 0.2) is 0 Å². The number of hydrogen-bond donors (Lipinski definition) is 2. The molecule has 0 spiro atoms. The highest BCUT2D eigenvalue weighted by atomic mass is 32.1. The van der Waals surface area contributed by atoms with Crippen molar-refractivity contribution in [3.05, 3.63) is 39.3 Å². The van der Waals surface area contributed by atoms with Crippen LogP contribution in [0.1, 0.15) is 36.1 Å². The van der Waals surface area contributed by atoms with E-state index in [2.05, 4.69) is 65.1 Å². The zero-order valence-electron chi connectivity index (χ0n) is 10.3. The van der Waals surface area contributed by atoms with Crippen molar-refractivity contribution in [3.63, 3.8) is 0 Å². The number of fused-ring (bicyclic) bond motifs is 1. The van der Waals surface area contributed by atoms with Crippen LogP contribution in [0.25, 0.3) is 4.91 Å². The number of hydrogen-bond acceptors (Lipinski definition) is 2. The van der Waals surface area contributed by atoms with E-state index in [9.17, 15) is 0 Å². The van der Waals surface area contributed by atoms with Crippen molar-refractivity contribution in [1.29, 1.82) is 0 Å². The van der Waals surface area contributed by atoms with Crippen LogP contribution in [-0.2, 0) is 6.42 Å². The van der Waals surface area contributed by atoms with Gasteiger partial charge in [-0.1, -0.05) is 31.5 Å². The summed E-state index contributed by atoms with van der Waals surface area (Å²) in [7, 11) is 0. The van der Waals surface area contributed by atoms with E-state index >= 15 is 0 Å². The number of aryl methyl sites for hydroxylation is 2. The summed E-state index contributed by atoms with van der Waals surface area (Å²) >= 11 is 9.29. The second kappa shape index (κ2) is 3.85. The van der Waals surface area contributed by atoms with Gasteiger partial charge in [-0.05, 0) is 37.0 Å². The Kier molecular flexibility index (Phi) is 2.92. The molecule has 0 radical (unpaired) electrons. The van der Waals surface area contributed by atoms with Crippen LogP contribution in [-0.4, -0.2) is 0 Å². The first kappa shape index (κ1) is 12.1. The first-order valence-corrected chi connectivity index (χ1v) is 6.45. The average Bonchev–Trinajstić information content (AvgIpc) is 2.12. The Balaban J connectivity index is 2.73. The Hall–Kier alpha value is -0.340. The Morgan fingerprint density at radius 3 is 2.38 bits per heavy atom. The Bertz CT molecular complexity index is 482. The molecule has 0 N–H and O–H groups in total. The van der Waals surface area contributed by atoms with E-state index < -0.39 is 0 Å². The predicted octanol–water partition coefficient (Wildman–Crippen LogP) is 4.41. The van der Waals surface area contributed by atoms with E-state index in [0.29, 0.717) is 0 Å². The molecule has 1 aliphatic carbocycles. The number of thiol groups is 2. The number of allylic oxidation sites excluding steroid dienone is 1. The fraction of sp³-hybridized carbons (Fsp3) is 0.429. The molecule has 1 aromatic rings. The molecular weight excluding hydrogens is 232 g/mol. The zero-order chi connectivity index (χ0) is 12.1. The molecule has 2 heteroatoms. The maximum atomic E-state index is 4.66. The van der Waals surface area contributed by atoms with Gasteiger partial charge in [0.2, 0.25) is 0 Å². The molecular formula is C14H18S2. The van der Waals surface area contributed by atoms with Gasteiger partial charge in [0.1, 0.15) is 0 Å². The van der Waals surface area contributed by atoms with Crippen LogP contribution in [0.5, 0.6) is 0 Å². The summed E-state index contributed by atoms with van der Waals surface area (Å²) in [5, 5.41) is 0. The summed E-state index contributed by atoms with van der Waals surface area (Å²) in [4.78, 5) is 2.15. The van der Waals surface area contributed by atoms with E-state index in [0.717, 1.165) is 16.2 Å². The van der Waals surface area contributed by atoms with Crippen molar-refractivity contribution in [2.45, 2.75) is 34.1 Å². The fourth-order valence-electron chi connectivity index (χ4n) is 2.53. The molecule has 1 aliphatic rings. The lowest BCUT2D eigenvalue weighted by molar-refractivity contribution is 0.465. The lowest BCUT2D eigenvalue weighted by atomic mass is 9.77. The van der Waals surface area contributed by atoms with Crippen molar-refractivity contribution >= 4 is 30.2 Å². The third kappa shape index (κ3) is 1.82. The van der Waals surface area contributed by atoms with E-state index in [-0.39, 0.29) is 5.41 Å². The van der Waals surface area contributed by atoms with Gasteiger partial charge in [-0.25, -0.2) is 0 Å². The highest BCUT2D eigenvalue weighted by Crippen LogP contribution is 2.46. The second-order valence-corrected chi connectivity index (χ2v) is 6.27. The Morgan fingerprint density at radius 2 is 1.75 bits per heavy atom. The molecule has 1 aromatic carbocycles. The van der Waals surface area contributed by atoms with Crippen molar-refractivity contribution < 1.29 is 0 Å². The van der Waals surface area contributed by atoms with Gasteiger partial charge < -0.3 is 0 Å². The van der Waals surface area contributed by atoms with Gasteiger partial charge in [0.25, 0.3) is 0 Å². The Labute approximate surface area is 109 Å². The first-order chi connectivity index (χ1) is 7.33. The summed E-state index contributed by atoms with van der Waals surface area (Å²) < 4.78 is 0. The molecule has 0 amide bonds. The minimum atomic E-state index is 0.105. The van der Waals surface area contributed by atoms with Crippen LogP contribution in [0.2, 0.25) is 0 Å². The molecule has 16 heavy (non-hydrogen) atoms. The smallest absolute Gasteiger partial charge is 0.0217 e. The fourth-order valence-corrected chi connectivity index (χ4v) is 3.35. The van der Waals surface area contributed by atoms with Gasteiger partial charge in [-0.15, -0.1) is 25.3 Å². The van der Waals surface area contributed by atoms with E-state index in [1.165, 1.54) is 22.3 Å². The quantitative estimate of drug-likeness (QED) is 0.626. The molecule has 0 heterocycles. The summed E-state index contributed by atoms with van der Waals surface area (Å²) in [6.45, 7) is 8.76. The van der Waals surface area contributed by atoms with E-state index in [4.69, 9.17) is 0 Å². The zero-order valence-corrected chi connectivity index (χ0v) is 12.0. The lowest BCUT2D eigenvalue weighted by Gasteiger charge is -2.33. The molecule has 0 saturated carbocycles. The molecule has 0 aromatic heterocycles. The van der Waals surface area contributed by atoms with Gasteiger partial charge in [0, 0.05) is 15.2 Å². The normalized spacial score (nSPS) is 18.6. The van der Waals surface area contributed by atoms with Crippen LogP contribution >= 0.6 is 25.3 Å². The molecule has 0 unspecified atom stereocenters. The van der Waals surface area contributed by atoms with E-state index in [1.807, 2.05) is 0 Å². The minimum absolute atomic E-state index is 0.105. The maximum absolute atomic E-state index is 4.66. The predicted molar refractivity (Wildman–Crippen MR) is 78.3 cm³/mol. The monoisotopic (exact) mass is 250 g/mol. The van der Waals surface area contributed by atoms with Gasteiger partial charge in [0.05, 0.1) is 0 Å². The summed E-state index contributed by atoms with van der Waals surface area (Å²) in [5.41, 5.74) is 5.44. The van der Waals surface area contributed by atoms with E-state index in [1.54, 1.807) is 0 Å². The topological polar surface area (TPSA) is 0 Å². The molecule has 0 nitrogen and oxygen atoms in total. The molecule has 86 valence electrons. The highest BCUT2D eigenvalue weighted by molar-refractivity contribution is 7.93. The Morgan fingerprint density at radius 1 is 1.12 bits per heavy atom. The second-order valence-electron chi connectivity index (χ2n) is 5.37. The summed E-state index contributed by atoms with van der Waals surface area (Å²) in [6.07, 6.45) is 1.05. The standard InChI is InChI=1S/C14H18S2/c1-8-5-9(2)11-10(6-8)7-14(3,4)13(16)12(11)15/h5-6,15-16H,7H2,1-4H3. The SMILES string of the molecule is Cc1cc(C)c2c(c1)CC(C)(C)C(S)=C2S. The largest absolute Gasteiger partial charge is 0.146 e. The van der Waals surface area contributed by atoms with Crippen LogP contribution in [0, 0.1) is 19.3 Å². The van der Waals surface area contributed by atoms with Crippen LogP contribution in [0.4, 0.5) is 0 Å². The summed E-state index contributed by atoms with van der Waals surface area (Å²) in [6, 6.07) is 4.49. The first-order valence-electron chi connectivity index (χ1n) is 5.56. The van der Waals surface area contributed by atoms with Crippen molar-refractivity contribution in [2.75, 3.05) is 0 Å². The molecule has 0 atom stereocenters. The van der Waals surface area contributed by atoms with Crippen LogP contribution in [0.15, 0.2) is 17.0 Å². The molecule has 0 saturated heterocycles. The third-order valence-electron chi connectivity index (χ3n) is 3.30. The van der Waals surface area contributed by atoms with Gasteiger partial charge in [-0.3, -0.25) is 0 Å². The maximum Gasteiger partial charge on any atom is 0.0217 e. The molecule has 2 rings (SSSR count). The van der Waals surface area contributed by atoms with Crippen LogP contribution in [0.3, 0.4) is 0 Å². The average molecular weight is 250 g/mol. The number of benzene rings is 1. The van der Waals surface area contributed by atoms with Gasteiger partial charge in [-0.2, -0.15) is 0 Å². The highest BCUT2D eigenvalue weighted by Gasteiger charge is 2.31. The third-order valence-corrected chi connectivity index (χ3v) is 4.75. The van der Waals surface area contributed by atoms with Gasteiger partial charge >= 0.3 is 0 Å². The molecule has 0 fully saturated rings. The van der Waals surface area contributed by atoms with Crippen LogP contribution < -0.4 is 0 Å². The lowest BCUT2D eigenvalue weighted by Crippen LogP contribution is -2.21. The number of rotatable bonds is 0. The molecule has 0 aliphatic heterocycles. The van der Waals surface area contributed by atoms with Crippen molar-refractivity contribution in [2.24, 2.45) is 5.41 Å². The van der Waals surface area contributed by atoms with Crippen molar-refractivity contribution in [1.82, 2.24) is 0 Å². The minimum Gasteiger partial charge on any atom is -0.146 e. The van der Waals surface area contributed by atoms with Crippen molar-refractivity contribution in [3.8, 4) is 0 Å². The molecule has 0 bridgehead atoms.